The van der Waals surface area contributed by atoms with Gasteiger partial charge in [0.05, 0.1) is 23.1 Å². The molecule has 1 aromatic heterocycles. The van der Waals surface area contributed by atoms with Gasteiger partial charge in [-0.05, 0) is 43.3 Å². The molecule has 0 aliphatic heterocycles. The molecule has 0 saturated heterocycles. The van der Waals surface area contributed by atoms with E-state index < -0.39 is 11.0 Å². The summed E-state index contributed by atoms with van der Waals surface area (Å²) >= 11 is 0. The molecule has 112 valence electrons. The van der Waals surface area contributed by atoms with E-state index in [0.717, 1.165) is 21.4 Å². The molecule has 0 amide bonds. The minimum absolute atomic E-state index is 0.380. The van der Waals surface area contributed by atoms with Crippen molar-refractivity contribution in [3.8, 4) is 0 Å². The Hall–Kier alpha value is -2.40. The Morgan fingerprint density at radius 2 is 1.82 bits per heavy atom. The Bertz CT molecular complexity index is 865. The molecule has 4 nitrogen and oxygen atoms in total. The molecule has 0 N–H and O–H groups in total. The number of aromatic nitrogens is 1. The number of rotatable bonds is 3. The van der Waals surface area contributed by atoms with Gasteiger partial charge in [-0.3, -0.25) is 3.97 Å². The smallest absolute Gasteiger partial charge is 0.337 e. The van der Waals surface area contributed by atoms with Crippen molar-refractivity contribution in [2.75, 3.05) is 7.11 Å². The summed E-state index contributed by atoms with van der Waals surface area (Å²) in [6, 6.07) is 14.6. The molecule has 1 heterocycles. The number of fused-ring (bicyclic) bond motifs is 1. The van der Waals surface area contributed by atoms with Crippen LogP contribution in [0.25, 0.3) is 10.9 Å². The van der Waals surface area contributed by atoms with Gasteiger partial charge < -0.3 is 4.74 Å². The second kappa shape index (κ2) is 5.77. The predicted octanol–water partition coefficient (Wildman–Crippen LogP) is 3.31. The van der Waals surface area contributed by atoms with E-state index >= 15 is 0 Å². The maximum absolute atomic E-state index is 12.7. The van der Waals surface area contributed by atoms with Crippen LogP contribution in [0.4, 0.5) is 0 Å². The standard InChI is InChI=1S/C17H15NO3S/c1-12-3-6-15(7-4-12)22(20)18-10-9-13-11-14(17(19)21-2)5-8-16(13)18/h3-11H,1-2H3. The quantitative estimate of drug-likeness (QED) is 0.697. The maximum atomic E-state index is 12.7. The molecular formula is C17H15NO3S. The topological polar surface area (TPSA) is 48.3 Å². The predicted molar refractivity (Wildman–Crippen MR) is 86.3 cm³/mol. The zero-order valence-electron chi connectivity index (χ0n) is 12.3. The van der Waals surface area contributed by atoms with E-state index in [1.165, 1.54) is 7.11 Å². The Morgan fingerprint density at radius 1 is 1.09 bits per heavy atom. The molecule has 22 heavy (non-hydrogen) atoms. The number of ether oxygens (including phenoxy) is 1. The molecule has 0 aliphatic carbocycles. The Balaban J connectivity index is 2.03. The van der Waals surface area contributed by atoms with Crippen molar-refractivity contribution in [3.63, 3.8) is 0 Å². The van der Waals surface area contributed by atoms with Crippen molar-refractivity contribution in [2.45, 2.75) is 11.8 Å². The van der Waals surface area contributed by atoms with Gasteiger partial charge in [0.15, 0.2) is 11.0 Å². The number of methoxy groups -OCH3 is 1. The van der Waals surface area contributed by atoms with Crippen molar-refractivity contribution in [3.05, 3.63) is 65.9 Å². The third kappa shape index (κ3) is 2.55. The first kappa shape index (κ1) is 14.5. The first-order valence-corrected chi connectivity index (χ1v) is 7.89. The summed E-state index contributed by atoms with van der Waals surface area (Å²) in [4.78, 5) is 12.3. The highest BCUT2D eigenvalue weighted by molar-refractivity contribution is 7.83. The van der Waals surface area contributed by atoms with Crippen molar-refractivity contribution in [1.82, 2.24) is 3.97 Å². The summed E-state index contributed by atoms with van der Waals surface area (Å²) in [6.45, 7) is 1.99. The summed E-state index contributed by atoms with van der Waals surface area (Å²) in [7, 11) is 0.0342. The number of nitrogens with zero attached hydrogens (tertiary/aromatic N) is 1. The summed E-state index contributed by atoms with van der Waals surface area (Å²) in [5.41, 5.74) is 2.42. The summed E-state index contributed by atoms with van der Waals surface area (Å²) in [6.07, 6.45) is 1.77. The van der Waals surface area contributed by atoms with E-state index in [2.05, 4.69) is 0 Å². The lowest BCUT2D eigenvalue weighted by Crippen LogP contribution is -2.04. The second-order valence-electron chi connectivity index (χ2n) is 4.97. The molecule has 0 radical (unpaired) electrons. The van der Waals surface area contributed by atoms with Crippen LogP contribution < -0.4 is 0 Å². The van der Waals surface area contributed by atoms with Crippen LogP contribution in [0.3, 0.4) is 0 Å². The zero-order valence-corrected chi connectivity index (χ0v) is 13.1. The molecule has 1 unspecified atom stereocenters. The average Bonchev–Trinajstić information content (AvgIpc) is 2.97. The van der Waals surface area contributed by atoms with Crippen LogP contribution in [0.5, 0.6) is 0 Å². The number of esters is 1. The summed E-state index contributed by atoms with van der Waals surface area (Å²) in [5.74, 6) is -0.380. The largest absolute Gasteiger partial charge is 0.465 e. The Kier molecular flexibility index (Phi) is 3.81. The van der Waals surface area contributed by atoms with Gasteiger partial charge in [-0.15, -0.1) is 0 Å². The fraction of sp³-hybridized carbons (Fsp3) is 0.118. The van der Waals surface area contributed by atoms with Gasteiger partial charge in [-0.2, -0.15) is 0 Å². The number of hydrogen-bond acceptors (Lipinski definition) is 3. The van der Waals surface area contributed by atoms with E-state index in [9.17, 15) is 9.00 Å². The van der Waals surface area contributed by atoms with Gasteiger partial charge >= 0.3 is 5.97 Å². The van der Waals surface area contributed by atoms with E-state index in [1.807, 2.05) is 37.3 Å². The number of carbonyl (C=O) groups is 1. The highest BCUT2D eigenvalue weighted by atomic mass is 32.2. The van der Waals surface area contributed by atoms with Crippen LogP contribution in [0.15, 0.2) is 59.6 Å². The SMILES string of the molecule is COC(=O)c1ccc2c(ccn2S(=O)c2ccc(C)cc2)c1. The molecule has 0 fully saturated rings. The van der Waals surface area contributed by atoms with E-state index in [1.54, 1.807) is 28.4 Å². The minimum Gasteiger partial charge on any atom is -0.465 e. The highest BCUT2D eigenvalue weighted by Crippen LogP contribution is 2.21. The monoisotopic (exact) mass is 313 g/mol. The van der Waals surface area contributed by atoms with Gasteiger partial charge in [-0.25, -0.2) is 9.00 Å². The molecule has 2 aromatic carbocycles. The average molecular weight is 313 g/mol. The molecule has 0 aliphatic rings. The number of aryl methyl sites for hydroxylation is 1. The fourth-order valence-electron chi connectivity index (χ4n) is 2.27. The molecular weight excluding hydrogens is 298 g/mol. The lowest BCUT2D eigenvalue weighted by Gasteiger charge is -2.06. The first-order chi connectivity index (χ1) is 10.6. The molecule has 5 heteroatoms. The summed E-state index contributed by atoms with van der Waals surface area (Å²) < 4.78 is 19.1. The fourth-order valence-corrected chi connectivity index (χ4v) is 3.39. The zero-order chi connectivity index (χ0) is 15.7. The van der Waals surface area contributed by atoms with E-state index in [4.69, 9.17) is 4.74 Å². The van der Waals surface area contributed by atoms with E-state index in [-0.39, 0.29) is 5.97 Å². The van der Waals surface area contributed by atoms with Gasteiger partial charge in [0, 0.05) is 11.6 Å². The number of benzene rings is 2. The van der Waals surface area contributed by atoms with Gasteiger partial charge in [0.2, 0.25) is 0 Å². The summed E-state index contributed by atoms with van der Waals surface area (Å²) in [5, 5.41) is 0.850. The van der Waals surface area contributed by atoms with E-state index in [0.29, 0.717) is 5.56 Å². The highest BCUT2D eigenvalue weighted by Gasteiger charge is 2.12. The van der Waals surface area contributed by atoms with Gasteiger partial charge in [-0.1, -0.05) is 17.7 Å². The molecule has 3 rings (SSSR count). The Morgan fingerprint density at radius 3 is 2.50 bits per heavy atom. The molecule has 3 aromatic rings. The number of carbonyl (C=O) groups excluding carboxylic acids is 1. The van der Waals surface area contributed by atoms with Crippen molar-refractivity contribution in [2.24, 2.45) is 0 Å². The van der Waals surface area contributed by atoms with Crippen LogP contribution >= 0.6 is 0 Å². The minimum atomic E-state index is -1.32. The second-order valence-corrected chi connectivity index (χ2v) is 6.33. The molecule has 1 atom stereocenters. The van der Waals surface area contributed by atoms with Crippen LogP contribution in [-0.4, -0.2) is 21.3 Å². The third-order valence-corrected chi connectivity index (χ3v) is 4.83. The van der Waals surface area contributed by atoms with Crippen molar-refractivity contribution < 1.29 is 13.7 Å². The van der Waals surface area contributed by atoms with Crippen molar-refractivity contribution >= 4 is 27.9 Å². The first-order valence-electron chi connectivity index (χ1n) is 6.78. The van der Waals surface area contributed by atoms with Crippen molar-refractivity contribution in [1.29, 1.82) is 0 Å². The lowest BCUT2D eigenvalue weighted by molar-refractivity contribution is 0.0601. The van der Waals surface area contributed by atoms with Crippen LogP contribution in [0.2, 0.25) is 0 Å². The van der Waals surface area contributed by atoms with Gasteiger partial charge in [0.1, 0.15) is 0 Å². The maximum Gasteiger partial charge on any atom is 0.337 e. The number of hydrogen-bond donors (Lipinski definition) is 0. The normalized spacial score (nSPS) is 12.3. The van der Waals surface area contributed by atoms with Crippen LogP contribution in [-0.2, 0) is 15.7 Å². The van der Waals surface area contributed by atoms with Crippen LogP contribution in [0.1, 0.15) is 15.9 Å². The third-order valence-electron chi connectivity index (χ3n) is 3.48. The van der Waals surface area contributed by atoms with Gasteiger partial charge in [0.25, 0.3) is 0 Å². The lowest BCUT2D eigenvalue weighted by atomic mass is 10.1. The molecule has 0 spiro atoms. The van der Waals surface area contributed by atoms with Crippen LogP contribution in [0, 0.1) is 6.92 Å². The molecule has 0 bridgehead atoms. The molecule has 0 saturated carbocycles. The Labute approximate surface area is 130 Å².